The minimum Gasteiger partial charge on any atom is -0.341 e. The predicted molar refractivity (Wildman–Crippen MR) is 102 cm³/mol. The molecule has 1 heterocycles. The van der Waals surface area contributed by atoms with E-state index in [2.05, 4.69) is 32.0 Å². The van der Waals surface area contributed by atoms with Crippen molar-refractivity contribution >= 4 is 44.6 Å². The molecule has 0 aliphatic carbocycles. The van der Waals surface area contributed by atoms with E-state index in [1.54, 1.807) is 4.90 Å². The first-order valence-corrected chi connectivity index (χ1v) is 9.37. The number of nitrogens with one attached hydrogen (secondary N) is 1. The van der Waals surface area contributed by atoms with E-state index in [4.69, 9.17) is 0 Å². The highest BCUT2D eigenvalue weighted by molar-refractivity contribution is 9.10. The molecule has 0 fully saturated rings. The molecule has 0 atom stereocenters. The first-order chi connectivity index (χ1) is 11.5. The van der Waals surface area contributed by atoms with Gasteiger partial charge in [-0.1, -0.05) is 52.0 Å². The third kappa shape index (κ3) is 3.99. The molecule has 24 heavy (non-hydrogen) atoms. The van der Waals surface area contributed by atoms with Crippen LogP contribution in [0.2, 0.25) is 0 Å². The number of thioether (sulfide) groups is 1. The van der Waals surface area contributed by atoms with Crippen molar-refractivity contribution in [2.75, 3.05) is 12.8 Å². The summed E-state index contributed by atoms with van der Waals surface area (Å²) in [5, 5.41) is 0.776. The molecule has 6 heteroatoms. The molecule has 124 valence electrons. The highest BCUT2D eigenvalue weighted by Crippen LogP contribution is 2.21. The van der Waals surface area contributed by atoms with Crippen LogP contribution in [0.4, 0.5) is 0 Å². The lowest BCUT2D eigenvalue weighted by Gasteiger charge is -2.17. The van der Waals surface area contributed by atoms with E-state index < -0.39 is 0 Å². The summed E-state index contributed by atoms with van der Waals surface area (Å²) in [6.07, 6.45) is 0. The fourth-order valence-corrected chi connectivity index (χ4v) is 3.61. The van der Waals surface area contributed by atoms with Crippen LogP contribution < -0.4 is 0 Å². The molecule has 1 N–H and O–H groups in total. The smallest absolute Gasteiger partial charge is 0.233 e. The molecule has 3 aromatic rings. The number of halogens is 1. The Kier molecular flexibility index (Phi) is 5.26. The Labute approximate surface area is 153 Å². The summed E-state index contributed by atoms with van der Waals surface area (Å²) in [6, 6.07) is 14.0. The van der Waals surface area contributed by atoms with Crippen LogP contribution in [0.3, 0.4) is 0 Å². The van der Waals surface area contributed by atoms with E-state index in [9.17, 15) is 4.79 Å². The van der Waals surface area contributed by atoms with E-state index in [0.29, 0.717) is 12.3 Å². The summed E-state index contributed by atoms with van der Waals surface area (Å²) in [6.45, 7) is 2.63. The quantitative estimate of drug-likeness (QED) is 0.642. The van der Waals surface area contributed by atoms with Gasteiger partial charge in [-0.3, -0.25) is 4.79 Å². The number of aryl methyl sites for hydroxylation is 1. The average Bonchev–Trinajstić information content (AvgIpc) is 2.96. The third-order valence-corrected chi connectivity index (χ3v) is 5.37. The number of nitrogens with zero attached hydrogens (tertiary/aromatic N) is 2. The lowest BCUT2D eigenvalue weighted by atomic mass is 10.2. The van der Waals surface area contributed by atoms with Crippen molar-refractivity contribution in [3.63, 3.8) is 0 Å². The summed E-state index contributed by atoms with van der Waals surface area (Å²) in [4.78, 5) is 21.9. The summed E-state index contributed by atoms with van der Waals surface area (Å²) in [5.41, 5.74) is 4.22. The van der Waals surface area contributed by atoms with Crippen LogP contribution in [0.15, 0.2) is 52.1 Å². The first-order valence-electron chi connectivity index (χ1n) is 7.59. The van der Waals surface area contributed by atoms with Crippen molar-refractivity contribution < 1.29 is 4.79 Å². The molecule has 1 amide bonds. The Balaban J connectivity index is 1.60. The van der Waals surface area contributed by atoms with Crippen LogP contribution >= 0.6 is 27.7 Å². The monoisotopic (exact) mass is 403 g/mol. The number of aromatic amines is 1. The number of carbonyl (C=O) groups excluding carboxylic acids is 1. The zero-order valence-corrected chi connectivity index (χ0v) is 15.9. The number of amides is 1. The summed E-state index contributed by atoms with van der Waals surface area (Å²) in [5.74, 6) is 0.437. The van der Waals surface area contributed by atoms with E-state index in [1.165, 1.54) is 17.3 Å². The summed E-state index contributed by atoms with van der Waals surface area (Å²) >= 11 is 4.95. The third-order valence-electron chi connectivity index (χ3n) is 3.74. The van der Waals surface area contributed by atoms with Crippen LogP contribution in [0, 0.1) is 6.92 Å². The number of fused-ring (bicyclic) bond motifs is 1. The Morgan fingerprint density at radius 2 is 2.08 bits per heavy atom. The van der Waals surface area contributed by atoms with Crippen molar-refractivity contribution in [1.82, 2.24) is 14.9 Å². The molecule has 0 bridgehead atoms. The Morgan fingerprint density at radius 1 is 1.29 bits per heavy atom. The van der Waals surface area contributed by atoms with E-state index >= 15 is 0 Å². The maximum absolute atomic E-state index is 12.3. The highest BCUT2D eigenvalue weighted by Gasteiger charge is 2.13. The Bertz CT molecular complexity index is 878. The van der Waals surface area contributed by atoms with Crippen LogP contribution in [0.5, 0.6) is 0 Å². The van der Waals surface area contributed by atoms with Gasteiger partial charge in [-0.25, -0.2) is 4.98 Å². The fraction of sp³-hybridized carbons (Fsp3) is 0.222. The van der Waals surface area contributed by atoms with Crippen LogP contribution in [0.25, 0.3) is 11.0 Å². The van der Waals surface area contributed by atoms with Crippen LogP contribution in [0.1, 0.15) is 11.1 Å². The number of benzene rings is 2. The normalized spacial score (nSPS) is 11.0. The molecule has 0 saturated heterocycles. The maximum atomic E-state index is 12.3. The van der Waals surface area contributed by atoms with Gasteiger partial charge in [0.2, 0.25) is 5.91 Å². The van der Waals surface area contributed by atoms with Crippen molar-refractivity contribution in [3.05, 3.63) is 58.1 Å². The van der Waals surface area contributed by atoms with Crippen molar-refractivity contribution in [2.45, 2.75) is 18.6 Å². The van der Waals surface area contributed by atoms with E-state index in [-0.39, 0.29) is 5.91 Å². The van der Waals surface area contributed by atoms with Crippen molar-refractivity contribution in [3.8, 4) is 0 Å². The molecule has 0 spiro atoms. The number of rotatable bonds is 5. The molecule has 0 unspecified atom stereocenters. The van der Waals surface area contributed by atoms with Crippen molar-refractivity contribution in [2.24, 2.45) is 0 Å². The van der Waals surface area contributed by atoms with Gasteiger partial charge in [0.25, 0.3) is 0 Å². The average molecular weight is 404 g/mol. The van der Waals surface area contributed by atoms with Gasteiger partial charge in [-0.15, -0.1) is 0 Å². The van der Waals surface area contributed by atoms with Gasteiger partial charge in [0, 0.05) is 18.1 Å². The number of aromatic nitrogens is 2. The summed E-state index contributed by atoms with van der Waals surface area (Å²) in [7, 11) is 1.82. The topological polar surface area (TPSA) is 49.0 Å². The van der Waals surface area contributed by atoms with E-state index in [0.717, 1.165) is 26.2 Å². The molecule has 0 saturated carbocycles. The molecule has 0 radical (unpaired) electrons. The molecular formula is C18H18BrN3OS. The van der Waals surface area contributed by atoms with Gasteiger partial charge < -0.3 is 9.88 Å². The van der Waals surface area contributed by atoms with Gasteiger partial charge in [-0.2, -0.15) is 0 Å². The second-order valence-corrected chi connectivity index (χ2v) is 7.51. The Morgan fingerprint density at radius 3 is 2.88 bits per heavy atom. The minimum absolute atomic E-state index is 0.0763. The number of H-pyrrole nitrogens is 1. The zero-order chi connectivity index (χ0) is 17.1. The van der Waals surface area contributed by atoms with E-state index in [1.807, 2.05) is 50.4 Å². The molecule has 0 aliphatic rings. The predicted octanol–water partition coefficient (Wildman–Crippen LogP) is 4.38. The lowest BCUT2D eigenvalue weighted by molar-refractivity contribution is -0.127. The van der Waals surface area contributed by atoms with Gasteiger partial charge in [0.05, 0.1) is 16.8 Å². The zero-order valence-electron chi connectivity index (χ0n) is 13.5. The van der Waals surface area contributed by atoms with Crippen molar-refractivity contribution in [1.29, 1.82) is 0 Å². The fourth-order valence-electron chi connectivity index (χ4n) is 2.38. The molecule has 4 nitrogen and oxygen atoms in total. The molecular weight excluding hydrogens is 386 g/mol. The lowest BCUT2D eigenvalue weighted by Crippen LogP contribution is -2.27. The second-order valence-electron chi connectivity index (χ2n) is 5.69. The van der Waals surface area contributed by atoms with Gasteiger partial charge in [0.15, 0.2) is 5.16 Å². The maximum Gasteiger partial charge on any atom is 0.233 e. The van der Waals surface area contributed by atoms with Gasteiger partial charge in [-0.05, 0) is 36.2 Å². The first kappa shape index (κ1) is 17.0. The summed E-state index contributed by atoms with van der Waals surface area (Å²) < 4.78 is 1.02. The van der Waals surface area contributed by atoms with Gasteiger partial charge >= 0.3 is 0 Å². The minimum atomic E-state index is 0.0763. The molecule has 3 rings (SSSR count). The number of carbonyl (C=O) groups is 1. The molecule has 1 aromatic heterocycles. The van der Waals surface area contributed by atoms with Crippen LogP contribution in [-0.4, -0.2) is 33.6 Å². The largest absolute Gasteiger partial charge is 0.341 e. The van der Waals surface area contributed by atoms with Gasteiger partial charge in [0.1, 0.15) is 0 Å². The number of hydrogen-bond acceptors (Lipinski definition) is 3. The standard InChI is InChI=1S/C18H18BrN3OS/c1-12-7-8-15-16(9-12)21-18(20-15)24-11-17(23)22(2)10-13-5-3-4-6-14(13)19/h3-9H,10-11H2,1-2H3,(H,20,21). The number of hydrogen-bond donors (Lipinski definition) is 1. The number of imidazole rings is 1. The SMILES string of the molecule is Cc1ccc2nc(SCC(=O)N(C)Cc3ccccc3Br)[nH]c2c1. The van der Waals surface area contributed by atoms with Crippen LogP contribution in [-0.2, 0) is 11.3 Å². The molecule has 0 aliphatic heterocycles. The Hall–Kier alpha value is -1.79. The second kappa shape index (κ2) is 7.40. The highest BCUT2D eigenvalue weighted by atomic mass is 79.9. The molecule has 2 aromatic carbocycles.